The average molecular weight is 234 g/mol. The summed E-state index contributed by atoms with van der Waals surface area (Å²) < 4.78 is 15.3. The Kier molecular flexibility index (Phi) is 14.7. The van der Waals surface area contributed by atoms with Gasteiger partial charge in [0.15, 0.2) is 0 Å². The van der Waals surface area contributed by atoms with Crippen molar-refractivity contribution in [3.05, 3.63) is 0 Å². The van der Waals surface area contributed by atoms with Crippen LogP contribution in [0.3, 0.4) is 0 Å². The first-order valence-electron chi connectivity index (χ1n) is 6.17. The molecule has 0 rings (SSSR count). The predicted octanol–water partition coefficient (Wildman–Crippen LogP) is 1.96. The summed E-state index contributed by atoms with van der Waals surface area (Å²) in [6, 6.07) is 0. The van der Waals surface area contributed by atoms with Crippen LogP contribution in [0, 0.1) is 0 Å². The molecule has 0 aromatic rings. The largest absolute Gasteiger partial charge is 0.396 e. The van der Waals surface area contributed by atoms with Crippen molar-refractivity contribution in [2.45, 2.75) is 38.5 Å². The highest BCUT2D eigenvalue weighted by molar-refractivity contribution is 4.44. The Balaban J connectivity index is 2.83. The Labute approximate surface area is 98.9 Å². The highest BCUT2D eigenvalue weighted by Crippen LogP contribution is 2.04. The molecule has 0 radical (unpaired) electrons. The van der Waals surface area contributed by atoms with E-state index < -0.39 is 0 Å². The zero-order valence-corrected chi connectivity index (χ0v) is 10.5. The van der Waals surface area contributed by atoms with Gasteiger partial charge in [0, 0.05) is 20.3 Å². The molecule has 4 nitrogen and oxygen atoms in total. The van der Waals surface area contributed by atoms with Crippen molar-refractivity contribution in [1.82, 2.24) is 0 Å². The molecular formula is C12H26O4. The summed E-state index contributed by atoms with van der Waals surface area (Å²) in [6.45, 7) is 2.68. The predicted molar refractivity (Wildman–Crippen MR) is 63.4 cm³/mol. The minimum atomic E-state index is 0.321. The average Bonchev–Trinajstić information content (AvgIpc) is 2.31. The molecule has 0 atom stereocenters. The molecule has 1 N–H and O–H groups in total. The number of hydrogen-bond donors (Lipinski definition) is 1. The minimum Gasteiger partial charge on any atom is -0.396 e. The zero-order valence-electron chi connectivity index (χ0n) is 10.5. The molecule has 0 saturated heterocycles. The Bertz CT molecular complexity index is 106. The summed E-state index contributed by atoms with van der Waals surface area (Å²) in [6.07, 6.45) is 6.80. The van der Waals surface area contributed by atoms with E-state index in [9.17, 15) is 0 Å². The maximum absolute atomic E-state index is 8.58. The van der Waals surface area contributed by atoms with E-state index in [0.29, 0.717) is 26.6 Å². The number of methoxy groups -OCH3 is 1. The lowest BCUT2D eigenvalue weighted by atomic mass is 10.1. The molecule has 0 aliphatic carbocycles. The molecule has 4 heteroatoms. The van der Waals surface area contributed by atoms with Gasteiger partial charge in [-0.15, -0.1) is 0 Å². The highest BCUT2D eigenvalue weighted by atomic mass is 16.7. The van der Waals surface area contributed by atoms with Gasteiger partial charge in [-0.3, -0.25) is 0 Å². The van der Waals surface area contributed by atoms with Crippen LogP contribution in [0.2, 0.25) is 0 Å². The van der Waals surface area contributed by atoms with Crippen LogP contribution >= 0.6 is 0 Å². The lowest BCUT2D eigenvalue weighted by Gasteiger charge is -2.05. The van der Waals surface area contributed by atoms with E-state index in [0.717, 1.165) is 25.9 Å². The van der Waals surface area contributed by atoms with Crippen LogP contribution < -0.4 is 0 Å². The van der Waals surface area contributed by atoms with E-state index in [2.05, 4.69) is 0 Å². The smallest absolute Gasteiger partial charge is 0.146 e. The van der Waals surface area contributed by atoms with Crippen LogP contribution in [-0.2, 0) is 14.2 Å². The van der Waals surface area contributed by atoms with E-state index in [-0.39, 0.29) is 0 Å². The summed E-state index contributed by atoms with van der Waals surface area (Å²) in [5.74, 6) is 0. The van der Waals surface area contributed by atoms with E-state index in [4.69, 9.17) is 19.3 Å². The Morgan fingerprint density at radius 1 is 0.750 bits per heavy atom. The number of aliphatic hydroxyl groups is 1. The van der Waals surface area contributed by atoms with Gasteiger partial charge >= 0.3 is 0 Å². The van der Waals surface area contributed by atoms with Crippen molar-refractivity contribution in [1.29, 1.82) is 0 Å². The van der Waals surface area contributed by atoms with Gasteiger partial charge < -0.3 is 19.3 Å². The Morgan fingerprint density at radius 2 is 1.38 bits per heavy atom. The number of rotatable bonds is 13. The van der Waals surface area contributed by atoms with Gasteiger partial charge in [-0.2, -0.15) is 0 Å². The van der Waals surface area contributed by atoms with Gasteiger partial charge in [0.1, 0.15) is 6.79 Å². The Hall–Kier alpha value is -0.160. The third kappa shape index (κ3) is 13.8. The molecule has 0 aliphatic heterocycles. The van der Waals surface area contributed by atoms with Crippen LogP contribution in [0.4, 0.5) is 0 Å². The molecule has 0 aromatic carbocycles. The van der Waals surface area contributed by atoms with Crippen molar-refractivity contribution < 1.29 is 19.3 Å². The maximum Gasteiger partial charge on any atom is 0.146 e. The SMILES string of the molecule is COCCOCOCCCCCCCCO. The molecule has 0 bridgehead atoms. The van der Waals surface area contributed by atoms with Gasteiger partial charge in [0.05, 0.1) is 13.2 Å². The van der Waals surface area contributed by atoms with Crippen molar-refractivity contribution in [3.63, 3.8) is 0 Å². The molecule has 0 fully saturated rings. The first-order valence-corrected chi connectivity index (χ1v) is 6.17. The number of hydrogen-bond acceptors (Lipinski definition) is 4. The van der Waals surface area contributed by atoms with Crippen LogP contribution in [0.25, 0.3) is 0 Å². The zero-order chi connectivity index (χ0) is 11.9. The molecule has 98 valence electrons. The fraction of sp³-hybridized carbons (Fsp3) is 1.00. The molecule has 0 spiro atoms. The highest BCUT2D eigenvalue weighted by Gasteiger charge is 1.92. The van der Waals surface area contributed by atoms with Crippen molar-refractivity contribution in [2.75, 3.05) is 40.3 Å². The second-order valence-electron chi connectivity index (χ2n) is 3.77. The molecule has 0 unspecified atom stereocenters. The third-order valence-corrected chi connectivity index (χ3v) is 2.30. The molecule has 0 saturated carbocycles. The van der Waals surface area contributed by atoms with Crippen molar-refractivity contribution in [3.8, 4) is 0 Å². The summed E-state index contributed by atoms with van der Waals surface area (Å²) in [4.78, 5) is 0. The second-order valence-corrected chi connectivity index (χ2v) is 3.77. The minimum absolute atomic E-state index is 0.321. The van der Waals surface area contributed by atoms with Gasteiger partial charge in [-0.1, -0.05) is 25.7 Å². The van der Waals surface area contributed by atoms with Gasteiger partial charge in [0.25, 0.3) is 0 Å². The summed E-state index contributed by atoms with van der Waals surface area (Å²) in [7, 11) is 1.65. The molecular weight excluding hydrogens is 208 g/mol. The standard InChI is InChI=1S/C12H26O4/c1-14-10-11-16-12-15-9-7-5-3-2-4-6-8-13/h13H,2-12H2,1H3. The van der Waals surface area contributed by atoms with E-state index >= 15 is 0 Å². The molecule has 16 heavy (non-hydrogen) atoms. The molecule has 0 aliphatic rings. The van der Waals surface area contributed by atoms with Crippen LogP contribution in [0.15, 0.2) is 0 Å². The van der Waals surface area contributed by atoms with Gasteiger partial charge in [-0.05, 0) is 12.8 Å². The molecule has 0 heterocycles. The van der Waals surface area contributed by atoms with Crippen molar-refractivity contribution >= 4 is 0 Å². The lowest BCUT2D eigenvalue weighted by Crippen LogP contribution is -2.06. The third-order valence-electron chi connectivity index (χ3n) is 2.30. The maximum atomic E-state index is 8.58. The summed E-state index contributed by atoms with van der Waals surface area (Å²) in [5.41, 5.74) is 0. The topological polar surface area (TPSA) is 47.9 Å². The first kappa shape index (κ1) is 15.8. The van der Waals surface area contributed by atoms with Crippen LogP contribution in [0.1, 0.15) is 38.5 Å². The quantitative estimate of drug-likeness (QED) is 0.391. The lowest BCUT2D eigenvalue weighted by molar-refractivity contribution is -0.0664. The van der Waals surface area contributed by atoms with Crippen LogP contribution in [0.5, 0.6) is 0 Å². The molecule has 0 aromatic heterocycles. The fourth-order valence-corrected chi connectivity index (χ4v) is 1.34. The van der Waals surface area contributed by atoms with E-state index in [1.165, 1.54) is 19.3 Å². The fourth-order valence-electron chi connectivity index (χ4n) is 1.34. The summed E-state index contributed by atoms with van der Waals surface area (Å²) in [5, 5.41) is 8.58. The Morgan fingerprint density at radius 3 is 2.06 bits per heavy atom. The second kappa shape index (κ2) is 14.8. The van der Waals surface area contributed by atoms with E-state index in [1.807, 2.05) is 0 Å². The molecule has 0 amide bonds. The van der Waals surface area contributed by atoms with Crippen LogP contribution in [-0.4, -0.2) is 45.4 Å². The number of unbranched alkanes of at least 4 members (excludes halogenated alkanes) is 5. The van der Waals surface area contributed by atoms with Gasteiger partial charge in [-0.25, -0.2) is 0 Å². The normalized spacial score (nSPS) is 10.9. The number of aliphatic hydroxyl groups excluding tert-OH is 1. The summed E-state index contributed by atoms with van der Waals surface area (Å²) >= 11 is 0. The monoisotopic (exact) mass is 234 g/mol. The number of ether oxygens (including phenoxy) is 3. The van der Waals surface area contributed by atoms with E-state index in [1.54, 1.807) is 7.11 Å². The van der Waals surface area contributed by atoms with Gasteiger partial charge in [0.2, 0.25) is 0 Å². The van der Waals surface area contributed by atoms with Crippen molar-refractivity contribution in [2.24, 2.45) is 0 Å². The first-order chi connectivity index (χ1) is 7.91.